The Morgan fingerprint density at radius 2 is 2.16 bits per heavy atom. The molecule has 1 unspecified atom stereocenters. The van der Waals surface area contributed by atoms with Crippen LogP contribution in [0.5, 0.6) is 0 Å². The minimum absolute atomic E-state index is 0.386. The van der Waals surface area contributed by atoms with E-state index in [0.717, 1.165) is 36.8 Å². The molecular formula is C20H26N4O. The van der Waals surface area contributed by atoms with Gasteiger partial charge in [0.25, 0.3) is 0 Å². The standard InChI is InChI=1S/C20H26N4O/c1-14(2)7-9-24-10-8-15(13-24)20-23-22-19(25-20)11-16-12-21-18-6-4-3-5-17(16)18/h3-6,12,14-15,21H,7-11,13H2,1-2H3. The Balaban J connectivity index is 1.41. The first-order valence-corrected chi connectivity index (χ1v) is 9.28. The van der Waals surface area contributed by atoms with Gasteiger partial charge < -0.3 is 14.3 Å². The van der Waals surface area contributed by atoms with Gasteiger partial charge in [0.05, 0.1) is 12.3 Å². The largest absolute Gasteiger partial charge is 0.425 e. The average molecular weight is 338 g/mol. The third kappa shape index (κ3) is 3.61. The zero-order chi connectivity index (χ0) is 17.2. The number of nitrogens with zero attached hydrogens (tertiary/aromatic N) is 3. The molecule has 5 heteroatoms. The Morgan fingerprint density at radius 1 is 1.28 bits per heavy atom. The smallest absolute Gasteiger partial charge is 0.221 e. The van der Waals surface area contributed by atoms with Crippen LogP contribution in [0.25, 0.3) is 10.9 Å². The van der Waals surface area contributed by atoms with Crippen molar-refractivity contribution in [3.05, 3.63) is 47.8 Å². The number of aromatic nitrogens is 3. The predicted octanol–water partition coefficient (Wildman–Crippen LogP) is 3.98. The van der Waals surface area contributed by atoms with Gasteiger partial charge in [-0.15, -0.1) is 10.2 Å². The lowest BCUT2D eigenvalue weighted by molar-refractivity contribution is 0.304. The molecule has 3 heterocycles. The fourth-order valence-corrected chi connectivity index (χ4v) is 3.62. The molecule has 0 saturated carbocycles. The van der Waals surface area contributed by atoms with Gasteiger partial charge in [0.2, 0.25) is 11.8 Å². The molecule has 1 aliphatic heterocycles. The van der Waals surface area contributed by atoms with E-state index in [9.17, 15) is 0 Å². The summed E-state index contributed by atoms with van der Waals surface area (Å²) in [4.78, 5) is 5.82. The van der Waals surface area contributed by atoms with E-state index in [0.29, 0.717) is 18.2 Å². The molecule has 1 N–H and O–H groups in total. The van der Waals surface area contributed by atoms with Crippen LogP contribution in [0.1, 0.15) is 50.0 Å². The molecule has 132 valence electrons. The zero-order valence-corrected chi connectivity index (χ0v) is 15.0. The van der Waals surface area contributed by atoms with E-state index in [1.807, 2.05) is 12.3 Å². The Bertz CT molecular complexity index is 835. The normalized spacial score (nSPS) is 18.6. The van der Waals surface area contributed by atoms with Crippen LogP contribution < -0.4 is 0 Å². The van der Waals surface area contributed by atoms with Gasteiger partial charge in [-0.05, 0) is 43.5 Å². The monoisotopic (exact) mass is 338 g/mol. The molecule has 0 spiro atoms. The highest BCUT2D eigenvalue weighted by atomic mass is 16.4. The minimum atomic E-state index is 0.386. The molecule has 1 fully saturated rings. The Morgan fingerprint density at radius 3 is 3.04 bits per heavy atom. The number of likely N-dealkylation sites (tertiary alicyclic amines) is 1. The number of hydrogen-bond donors (Lipinski definition) is 1. The predicted molar refractivity (Wildman–Crippen MR) is 98.7 cm³/mol. The highest BCUT2D eigenvalue weighted by Crippen LogP contribution is 2.27. The molecule has 4 rings (SSSR count). The van der Waals surface area contributed by atoms with Crippen molar-refractivity contribution in [1.29, 1.82) is 0 Å². The van der Waals surface area contributed by atoms with Gasteiger partial charge >= 0.3 is 0 Å². The summed E-state index contributed by atoms with van der Waals surface area (Å²) in [6, 6.07) is 8.31. The second-order valence-electron chi connectivity index (χ2n) is 7.54. The van der Waals surface area contributed by atoms with Crippen molar-refractivity contribution in [3.8, 4) is 0 Å². The van der Waals surface area contributed by atoms with E-state index in [1.165, 1.54) is 23.9 Å². The van der Waals surface area contributed by atoms with Crippen molar-refractivity contribution in [1.82, 2.24) is 20.1 Å². The summed E-state index contributed by atoms with van der Waals surface area (Å²) in [6.45, 7) is 7.91. The number of H-pyrrole nitrogens is 1. The van der Waals surface area contributed by atoms with Crippen LogP contribution in [0.15, 0.2) is 34.9 Å². The molecule has 1 aromatic carbocycles. The summed E-state index contributed by atoms with van der Waals surface area (Å²) in [7, 11) is 0. The van der Waals surface area contributed by atoms with E-state index in [2.05, 4.69) is 52.1 Å². The van der Waals surface area contributed by atoms with Crippen molar-refractivity contribution in [2.24, 2.45) is 5.92 Å². The van der Waals surface area contributed by atoms with Crippen molar-refractivity contribution < 1.29 is 4.42 Å². The zero-order valence-electron chi connectivity index (χ0n) is 15.0. The highest BCUT2D eigenvalue weighted by Gasteiger charge is 2.28. The molecule has 25 heavy (non-hydrogen) atoms. The summed E-state index contributed by atoms with van der Waals surface area (Å²) < 4.78 is 6.00. The second-order valence-corrected chi connectivity index (χ2v) is 7.54. The van der Waals surface area contributed by atoms with Crippen LogP contribution in [0.4, 0.5) is 0 Å². The molecule has 0 radical (unpaired) electrons. The highest BCUT2D eigenvalue weighted by molar-refractivity contribution is 5.83. The second kappa shape index (κ2) is 7.00. The van der Waals surface area contributed by atoms with Crippen LogP contribution in [-0.2, 0) is 6.42 Å². The van der Waals surface area contributed by atoms with E-state index in [1.54, 1.807) is 0 Å². The van der Waals surface area contributed by atoms with Crippen molar-refractivity contribution >= 4 is 10.9 Å². The van der Waals surface area contributed by atoms with Gasteiger partial charge in [-0.3, -0.25) is 0 Å². The van der Waals surface area contributed by atoms with E-state index < -0.39 is 0 Å². The molecular weight excluding hydrogens is 312 g/mol. The summed E-state index contributed by atoms with van der Waals surface area (Å²) in [5.41, 5.74) is 2.35. The van der Waals surface area contributed by atoms with Gasteiger partial charge in [0.1, 0.15) is 0 Å². The van der Waals surface area contributed by atoms with E-state index in [4.69, 9.17) is 4.42 Å². The first-order valence-electron chi connectivity index (χ1n) is 9.28. The number of fused-ring (bicyclic) bond motifs is 1. The number of rotatable bonds is 6. The van der Waals surface area contributed by atoms with Crippen molar-refractivity contribution in [2.45, 2.75) is 39.0 Å². The van der Waals surface area contributed by atoms with Crippen LogP contribution in [0, 0.1) is 5.92 Å². The lowest BCUT2D eigenvalue weighted by atomic mass is 10.1. The average Bonchev–Trinajstić information content (AvgIpc) is 3.33. The van der Waals surface area contributed by atoms with Crippen LogP contribution in [0.2, 0.25) is 0 Å². The first-order chi connectivity index (χ1) is 12.2. The van der Waals surface area contributed by atoms with Crippen LogP contribution in [0.3, 0.4) is 0 Å². The molecule has 0 amide bonds. The SMILES string of the molecule is CC(C)CCN1CCC(c2nnc(Cc3c[nH]c4ccccc34)o2)C1. The molecule has 5 nitrogen and oxygen atoms in total. The van der Waals surface area contributed by atoms with E-state index >= 15 is 0 Å². The fraction of sp³-hybridized carbons (Fsp3) is 0.500. The molecule has 3 aromatic rings. The van der Waals surface area contributed by atoms with Gasteiger partial charge in [-0.25, -0.2) is 0 Å². The van der Waals surface area contributed by atoms with Gasteiger partial charge in [-0.1, -0.05) is 32.0 Å². The number of hydrogen-bond acceptors (Lipinski definition) is 4. The van der Waals surface area contributed by atoms with Crippen molar-refractivity contribution in [2.75, 3.05) is 19.6 Å². The number of nitrogens with one attached hydrogen (secondary N) is 1. The maximum Gasteiger partial charge on any atom is 0.221 e. The summed E-state index contributed by atoms with van der Waals surface area (Å²) >= 11 is 0. The maximum absolute atomic E-state index is 6.00. The van der Waals surface area contributed by atoms with Crippen molar-refractivity contribution in [3.63, 3.8) is 0 Å². The third-order valence-electron chi connectivity index (χ3n) is 5.14. The molecule has 0 aliphatic carbocycles. The lowest BCUT2D eigenvalue weighted by Gasteiger charge is -2.16. The molecule has 1 saturated heterocycles. The number of benzene rings is 1. The van der Waals surface area contributed by atoms with Gasteiger partial charge in [0.15, 0.2) is 0 Å². The summed E-state index contributed by atoms with van der Waals surface area (Å²) in [5.74, 6) is 2.66. The van der Waals surface area contributed by atoms with Gasteiger partial charge in [0, 0.05) is 23.6 Å². The first kappa shape index (κ1) is 16.3. The lowest BCUT2D eigenvalue weighted by Crippen LogP contribution is -2.22. The van der Waals surface area contributed by atoms with Crippen LogP contribution >= 0.6 is 0 Å². The Kier molecular flexibility index (Phi) is 4.57. The van der Waals surface area contributed by atoms with Crippen LogP contribution in [-0.4, -0.2) is 39.7 Å². The molecule has 1 atom stereocenters. The van der Waals surface area contributed by atoms with Gasteiger partial charge in [-0.2, -0.15) is 0 Å². The molecule has 0 bridgehead atoms. The maximum atomic E-state index is 6.00. The summed E-state index contributed by atoms with van der Waals surface area (Å²) in [6.07, 6.45) is 5.09. The minimum Gasteiger partial charge on any atom is -0.425 e. The molecule has 2 aromatic heterocycles. The topological polar surface area (TPSA) is 58.0 Å². The van der Waals surface area contributed by atoms with E-state index in [-0.39, 0.29) is 0 Å². The fourth-order valence-electron chi connectivity index (χ4n) is 3.62. The summed E-state index contributed by atoms with van der Waals surface area (Å²) in [5, 5.41) is 9.85. The molecule has 1 aliphatic rings. The Labute approximate surface area is 148 Å². The number of aromatic amines is 1. The third-order valence-corrected chi connectivity index (χ3v) is 5.14. The quantitative estimate of drug-likeness (QED) is 0.738. The number of para-hydroxylation sites is 1. The Hall–Kier alpha value is -2.14.